The molecule has 1 heterocycles. The molecule has 0 aliphatic heterocycles. The molecule has 0 saturated carbocycles. The largest absolute Gasteiger partial charge is 0.573 e. The number of hydrogen-bond acceptors (Lipinski definition) is 4. The highest BCUT2D eigenvalue weighted by Crippen LogP contribution is 2.35. The van der Waals surface area contributed by atoms with E-state index in [-0.39, 0.29) is 17.1 Å². The average Bonchev–Trinajstić information content (AvgIpc) is 2.29. The topological polar surface area (TPSA) is 61.0 Å². The molecule has 7 heteroatoms. The van der Waals surface area contributed by atoms with Gasteiger partial charge in [-0.15, -0.1) is 18.3 Å². The van der Waals surface area contributed by atoms with Crippen molar-refractivity contribution < 1.29 is 17.9 Å². The lowest BCUT2D eigenvalue weighted by Crippen LogP contribution is -2.17. The van der Waals surface area contributed by atoms with Crippen LogP contribution in [-0.2, 0) is 0 Å². The number of aromatic nitrogens is 2. The van der Waals surface area contributed by atoms with Crippen LogP contribution in [0, 0.1) is 0 Å². The lowest BCUT2D eigenvalue weighted by Gasteiger charge is -2.13. The van der Waals surface area contributed by atoms with Crippen LogP contribution in [0.2, 0.25) is 0 Å². The standard InChI is InChI=1S/C11H8F3N3O/c12-11(13,14)18-9-4-2-1-3-7(9)8-5-6-16-17-10(8)15/h1-6H,(H2,15,17). The third-order valence-corrected chi connectivity index (χ3v) is 2.15. The molecule has 4 nitrogen and oxygen atoms in total. The molecule has 0 spiro atoms. The maximum absolute atomic E-state index is 12.3. The van der Waals surface area contributed by atoms with E-state index in [0.29, 0.717) is 5.56 Å². The van der Waals surface area contributed by atoms with Crippen LogP contribution >= 0.6 is 0 Å². The lowest BCUT2D eigenvalue weighted by atomic mass is 10.1. The number of nitrogens with zero attached hydrogens (tertiary/aromatic N) is 2. The normalized spacial score (nSPS) is 11.3. The Bertz CT molecular complexity index is 557. The quantitative estimate of drug-likeness (QED) is 0.896. The van der Waals surface area contributed by atoms with Crippen LogP contribution in [0.5, 0.6) is 5.75 Å². The zero-order chi connectivity index (χ0) is 13.2. The second kappa shape index (κ2) is 4.52. The lowest BCUT2D eigenvalue weighted by molar-refractivity contribution is -0.274. The Hall–Kier alpha value is -2.31. The van der Waals surface area contributed by atoms with Crippen LogP contribution in [0.1, 0.15) is 0 Å². The third kappa shape index (κ3) is 2.68. The van der Waals surface area contributed by atoms with Crippen LogP contribution in [0.3, 0.4) is 0 Å². The van der Waals surface area contributed by atoms with Crippen molar-refractivity contribution in [3.63, 3.8) is 0 Å². The number of benzene rings is 1. The van der Waals surface area contributed by atoms with Crippen molar-refractivity contribution in [2.24, 2.45) is 0 Å². The minimum absolute atomic E-state index is 0.0377. The number of hydrogen-bond donors (Lipinski definition) is 1. The minimum atomic E-state index is -4.76. The summed E-state index contributed by atoms with van der Waals surface area (Å²) in [5.74, 6) is -0.291. The Morgan fingerprint density at radius 1 is 1.06 bits per heavy atom. The van der Waals surface area contributed by atoms with Gasteiger partial charge >= 0.3 is 6.36 Å². The van der Waals surface area contributed by atoms with E-state index in [1.165, 1.54) is 30.5 Å². The zero-order valence-corrected chi connectivity index (χ0v) is 8.98. The van der Waals surface area contributed by atoms with Crippen molar-refractivity contribution in [2.75, 3.05) is 5.73 Å². The van der Waals surface area contributed by atoms with Gasteiger partial charge in [-0.2, -0.15) is 5.10 Å². The van der Waals surface area contributed by atoms with E-state index >= 15 is 0 Å². The van der Waals surface area contributed by atoms with Crippen LogP contribution in [0.25, 0.3) is 11.1 Å². The van der Waals surface area contributed by atoms with Crippen LogP contribution in [-0.4, -0.2) is 16.6 Å². The summed E-state index contributed by atoms with van der Waals surface area (Å²) in [5.41, 5.74) is 6.12. The predicted molar refractivity (Wildman–Crippen MR) is 58.6 cm³/mol. The summed E-state index contributed by atoms with van der Waals surface area (Å²) >= 11 is 0. The van der Waals surface area contributed by atoms with Gasteiger partial charge in [0.25, 0.3) is 0 Å². The highest BCUT2D eigenvalue weighted by atomic mass is 19.4. The molecule has 0 aliphatic carbocycles. The van der Waals surface area contributed by atoms with Gasteiger partial charge in [0.2, 0.25) is 0 Å². The Balaban J connectivity index is 2.49. The fraction of sp³-hybridized carbons (Fsp3) is 0.0909. The van der Waals surface area contributed by atoms with Crippen molar-refractivity contribution in [2.45, 2.75) is 6.36 Å². The van der Waals surface area contributed by atoms with Gasteiger partial charge in [0.05, 0.1) is 6.20 Å². The Morgan fingerprint density at radius 3 is 2.44 bits per heavy atom. The summed E-state index contributed by atoms with van der Waals surface area (Å²) in [6.45, 7) is 0. The molecule has 0 unspecified atom stereocenters. The molecule has 0 aliphatic rings. The molecule has 0 fully saturated rings. The highest BCUT2D eigenvalue weighted by Gasteiger charge is 2.32. The van der Waals surface area contributed by atoms with Gasteiger partial charge < -0.3 is 10.5 Å². The average molecular weight is 255 g/mol. The van der Waals surface area contributed by atoms with E-state index in [1.54, 1.807) is 6.07 Å². The van der Waals surface area contributed by atoms with Gasteiger partial charge in [-0.05, 0) is 12.1 Å². The Kier molecular flexibility index (Phi) is 3.05. The molecule has 0 atom stereocenters. The molecule has 0 amide bonds. The first-order chi connectivity index (χ1) is 8.47. The monoisotopic (exact) mass is 255 g/mol. The van der Waals surface area contributed by atoms with Crippen molar-refractivity contribution >= 4 is 5.82 Å². The number of anilines is 1. The number of para-hydroxylation sites is 1. The fourth-order valence-corrected chi connectivity index (χ4v) is 1.47. The Morgan fingerprint density at radius 2 is 1.78 bits per heavy atom. The molecule has 1 aromatic carbocycles. The highest BCUT2D eigenvalue weighted by molar-refractivity contribution is 5.77. The second-order valence-electron chi connectivity index (χ2n) is 3.37. The summed E-state index contributed by atoms with van der Waals surface area (Å²) in [7, 11) is 0. The molecule has 0 radical (unpaired) electrons. The molecule has 0 bridgehead atoms. The van der Waals surface area contributed by atoms with Gasteiger partial charge in [-0.3, -0.25) is 0 Å². The van der Waals surface area contributed by atoms with Crippen molar-refractivity contribution in [3.8, 4) is 16.9 Å². The number of nitrogen functional groups attached to an aromatic ring is 1. The first kappa shape index (κ1) is 12.2. The molecule has 94 valence electrons. The van der Waals surface area contributed by atoms with Crippen LogP contribution in [0.4, 0.5) is 19.0 Å². The SMILES string of the molecule is Nc1nnccc1-c1ccccc1OC(F)(F)F. The van der Waals surface area contributed by atoms with Gasteiger partial charge in [0.15, 0.2) is 5.82 Å². The first-order valence-corrected chi connectivity index (χ1v) is 4.90. The van der Waals surface area contributed by atoms with Crippen molar-refractivity contribution in [1.29, 1.82) is 0 Å². The second-order valence-corrected chi connectivity index (χ2v) is 3.37. The zero-order valence-electron chi connectivity index (χ0n) is 8.98. The number of rotatable bonds is 2. The first-order valence-electron chi connectivity index (χ1n) is 4.90. The van der Waals surface area contributed by atoms with E-state index in [2.05, 4.69) is 14.9 Å². The summed E-state index contributed by atoms with van der Waals surface area (Å²) in [6.07, 6.45) is -3.42. The number of alkyl halides is 3. The van der Waals surface area contributed by atoms with E-state index in [0.717, 1.165) is 0 Å². The molecule has 18 heavy (non-hydrogen) atoms. The van der Waals surface area contributed by atoms with Crippen LogP contribution < -0.4 is 10.5 Å². The fourth-order valence-electron chi connectivity index (χ4n) is 1.47. The molecule has 2 rings (SSSR count). The maximum Gasteiger partial charge on any atom is 0.573 e. The number of halogens is 3. The maximum atomic E-state index is 12.3. The summed E-state index contributed by atoms with van der Waals surface area (Å²) < 4.78 is 40.7. The molecular formula is C11H8F3N3O. The van der Waals surface area contributed by atoms with E-state index in [1.807, 2.05) is 0 Å². The smallest absolute Gasteiger partial charge is 0.405 e. The van der Waals surface area contributed by atoms with Gasteiger partial charge in [-0.25, -0.2) is 0 Å². The third-order valence-electron chi connectivity index (χ3n) is 2.15. The predicted octanol–water partition coefficient (Wildman–Crippen LogP) is 2.62. The molecule has 0 saturated heterocycles. The van der Waals surface area contributed by atoms with Gasteiger partial charge in [0, 0.05) is 11.1 Å². The van der Waals surface area contributed by atoms with Gasteiger partial charge in [0.1, 0.15) is 5.75 Å². The molecular weight excluding hydrogens is 247 g/mol. The molecule has 1 aromatic heterocycles. The molecule has 2 N–H and O–H groups in total. The van der Waals surface area contributed by atoms with Gasteiger partial charge in [-0.1, -0.05) is 18.2 Å². The van der Waals surface area contributed by atoms with E-state index in [9.17, 15) is 13.2 Å². The number of nitrogens with two attached hydrogens (primary N) is 1. The summed E-state index contributed by atoms with van der Waals surface area (Å²) in [4.78, 5) is 0. The van der Waals surface area contributed by atoms with Crippen molar-refractivity contribution in [3.05, 3.63) is 36.5 Å². The van der Waals surface area contributed by atoms with Crippen LogP contribution in [0.15, 0.2) is 36.5 Å². The number of ether oxygens (including phenoxy) is 1. The summed E-state index contributed by atoms with van der Waals surface area (Å²) in [6, 6.07) is 7.17. The van der Waals surface area contributed by atoms with Crippen molar-refractivity contribution in [1.82, 2.24) is 10.2 Å². The summed E-state index contributed by atoms with van der Waals surface area (Å²) in [5, 5.41) is 7.12. The Labute approximate surface area is 100 Å². The minimum Gasteiger partial charge on any atom is -0.405 e. The van der Waals surface area contributed by atoms with E-state index < -0.39 is 6.36 Å². The molecule has 2 aromatic rings. The van der Waals surface area contributed by atoms with E-state index in [4.69, 9.17) is 5.73 Å².